The van der Waals surface area contributed by atoms with Gasteiger partial charge in [-0.2, -0.15) is 18.3 Å². The molecule has 5 nitrogen and oxygen atoms in total. The fourth-order valence-electron chi connectivity index (χ4n) is 4.00. The molecule has 162 valence electrons. The van der Waals surface area contributed by atoms with Crippen molar-refractivity contribution in [3.05, 3.63) is 82.7 Å². The highest BCUT2D eigenvalue weighted by Gasteiger charge is 2.35. The van der Waals surface area contributed by atoms with E-state index in [4.69, 9.17) is 0 Å². The first-order valence-corrected chi connectivity index (χ1v) is 10.3. The van der Waals surface area contributed by atoms with Gasteiger partial charge in [0.1, 0.15) is 0 Å². The molecular weight excluding hydrogens is 417 g/mol. The number of halogens is 3. The van der Waals surface area contributed by atoms with Gasteiger partial charge < -0.3 is 5.32 Å². The number of benzene rings is 2. The van der Waals surface area contributed by atoms with Gasteiger partial charge in [-0.25, -0.2) is 9.50 Å². The summed E-state index contributed by atoms with van der Waals surface area (Å²) in [5, 5.41) is 6.65. The highest BCUT2D eigenvalue weighted by molar-refractivity contribution is 6.03. The van der Waals surface area contributed by atoms with E-state index in [0.717, 1.165) is 30.9 Å². The second-order valence-corrected chi connectivity index (χ2v) is 7.98. The molecule has 2 aromatic carbocycles. The Bertz CT molecular complexity index is 1340. The minimum absolute atomic E-state index is 0.0468. The largest absolute Gasteiger partial charge is 0.433 e. The molecule has 0 aliphatic heterocycles. The maximum Gasteiger partial charge on any atom is 0.433 e. The van der Waals surface area contributed by atoms with Crippen LogP contribution in [0, 0.1) is 6.92 Å². The van der Waals surface area contributed by atoms with Crippen LogP contribution in [-0.4, -0.2) is 20.5 Å². The van der Waals surface area contributed by atoms with Crippen LogP contribution >= 0.6 is 0 Å². The summed E-state index contributed by atoms with van der Waals surface area (Å²) in [6, 6.07) is 14.9. The van der Waals surface area contributed by atoms with Gasteiger partial charge in [-0.15, -0.1) is 0 Å². The predicted molar refractivity (Wildman–Crippen MR) is 115 cm³/mol. The number of carbonyl (C=O) groups excluding carboxylic acids is 1. The van der Waals surface area contributed by atoms with E-state index in [1.54, 1.807) is 30.3 Å². The summed E-state index contributed by atoms with van der Waals surface area (Å²) >= 11 is 0. The minimum atomic E-state index is -4.67. The van der Waals surface area contributed by atoms with Gasteiger partial charge in [-0.3, -0.25) is 4.79 Å². The van der Waals surface area contributed by atoms with Crippen LogP contribution in [0.5, 0.6) is 0 Å². The summed E-state index contributed by atoms with van der Waals surface area (Å²) in [7, 11) is 0. The summed E-state index contributed by atoms with van der Waals surface area (Å²) in [6.07, 6.45) is -1.62. The molecule has 0 radical (unpaired) electrons. The molecule has 4 aromatic rings. The summed E-state index contributed by atoms with van der Waals surface area (Å²) < 4.78 is 42.0. The predicted octanol–water partition coefficient (Wildman–Crippen LogP) is 5.46. The molecule has 0 fully saturated rings. The highest BCUT2D eigenvalue weighted by Crippen LogP contribution is 2.32. The van der Waals surface area contributed by atoms with Crippen molar-refractivity contribution in [2.45, 2.75) is 32.4 Å². The van der Waals surface area contributed by atoms with Gasteiger partial charge in [0.15, 0.2) is 17.0 Å². The first-order chi connectivity index (χ1) is 15.3. The van der Waals surface area contributed by atoms with Gasteiger partial charge in [0.05, 0.1) is 5.69 Å². The maximum atomic E-state index is 13.8. The fourth-order valence-corrected chi connectivity index (χ4v) is 4.00. The lowest BCUT2D eigenvalue weighted by atomic mass is 10.1. The molecule has 0 spiro atoms. The van der Waals surface area contributed by atoms with Gasteiger partial charge >= 0.3 is 6.18 Å². The van der Waals surface area contributed by atoms with Gasteiger partial charge in [0.2, 0.25) is 0 Å². The Morgan fingerprint density at radius 1 is 1.00 bits per heavy atom. The topological polar surface area (TPSA) is 59.3 Å². The molecule has 1 aliphatic carbocycles. The number of anilines is 1. The Morgan fingerprint density at radius 3 is 2.50 bits per heavy atom. The number of rotatable bonds is 3. The van der Waals surface area contributed by atoms with Crippen molar-refractivity contribution < 1.29 is 18.0 Å². The molecule has 1 amide bonds. The number of aromatic nitrogens is 3. The number of hydrogen-bond donors (Lipinski definition) is 1. The van der Waals surface area contributed by atoms with Crippen LogP contribution in [0.4, 0.5) is 18.9 Å². The second kappa shape index (κ2) is 7.47. The molecule has 0 atom stereocenters. The fraction of sp³-hybridized carbons (Fsp3) is 0.208. The monoisotopic (exact) mass is 436 g/mol. The summed E-state index contributed by atoms with van der Waals surface area (Å²) in [4.78, 5) is 17.1. The van der Waals surface area contributed by atoms with Crippen molar-refractivity contribution in [1.82, 2.24) is 14.6 Å². The average molecular weight is 436 g/mol. The molecule has 2 heterocycles. The Morgan fingerprint density at radius 2 is 1.75 bits per heavy atom. The lowest BCUT2D eigenvalue weighted by Crippen LogP contribution is -2.15. The molecule has 8 heteroatoms. The number of alkyl halides is 3. The lowest BCUT2D eigenvalue weighted by Gasteiger charge is -2.11. The molecule has 0 unspecified atom stereocenters. The summed E-state index contributed by atoms with van der Waals surface area (Å²) in [5.74, 6) is -0.585. The number of nitrogens with one attached hydrogen (secondary N) is 1. The Hall–Kier alpha value is -3.68. The zero-order chi connectivity index (χ0) is 22.5. The molecule has 1 aliphatic rings. The van der Waals surface area contributed by atoms with E-state index >= 15 is 0 Å². The molecule has 0 bridgehead atoms. The van der Waals surface area contributed by atoms with Crippen LogP contribution < -0.4 is 5.32 Å². The lowest BCUT2D eigenvalue weighted by molar-refractivity contribution is -0.142. The third-order valence-corrected chi connectivity index (χ3v) is 5.65. The third kappa shape index (κ3) is 3.72. The quantitative estimate of drug-likeness (QED) is 0.464. The normalized spacial score (nSPS) is 13.4. The zero-order valence-electron chi connectivity index (χ0n) is 17.2. The van der Waals surface area contributed by atoms with Crippen LogP contribution in [0.3, 0.4) is 0 Å². The minimum Gasteiger partial charge on any atom is -0.321 e. The molecule has 5 rings (SSSR count). The number of aryl methyl sites for hydroxylation is 3. The van der Waals surface area contributed by atoms with Crippen molar-refractivity contribution in [2.75, 3.05) is 5.32 Å². The first-order valence-electron chi connectivity index (χ1n) is 10.3. The summed E-state index contributed by atoms with van der Waals surface area (Å²) in [6.45, 7) is 1.89. The van der Waals surface area contributed by atoms with Crippen LogP contribution in [0.1, 0.15) is 39.3 Å². The van der Waals surface area contributed by atoms with Crippen molar-refractivity contribution in [3.63, 3.8) is 0 Å². The van der Waals surface area contributed by atoms with E-state index in [9.17, 15) is 18.0 Å². The highest BCUT2D eigenvalue weighted by atomic mass is 19.4. The Labute approximate surface area is 181 Å². The first kappa shape index (κ1) is 20.2. The number of hydrogen-bond acceptors (Lipinski definition) is 3. The summed E-state index contributed by atoms with van der Waals surface area (Å²) in [5.41, 5.74) is 3.57. The average Bonchev–Trinajstić information content (AvgIpc) is 3.39. The third-order valence-electron chi connectivity index (χ3n) is 5.65. The number of carbonyl (C=O) groups is 1. The Kier molecular flexibility index (Phi) is 4.73. The number of fused-ring (bicyclic) bond motifs is 2. The van der Waals surface area contributed by atoms with Crippen molar-refractivity contribution in [1.29, 1.82) is 0 Å². The van der Waals surface area contributed by atoms with E-state index in [1.165, 1.54) is 17.2 Å². The van der Waals surface area contributed by atoms with Crippen molar-refractivity contribution in [3.8, 4) is 11.3 Å². The van der Waals surface area contributed by atoms with Crippen LogP contribution in [-0.2, 0) is 19.0 Å². The van der Waals surface area contributed by atoms with E-state index in [1.807, 2.05) is 19.1 Å². The van der Waals surface area contributed by atoms with E-state index in [0.29, 0.717) is 15.8 Å². The Balaban J connectivity index is 1.53. The van der Waals surface area contributed by atoms with Gasteiger partial charge in [-0.05, 0) is 55.5 Å². The number of amides is 1. The number of nitrogens with zero attached hydrogens (tertiary/aromatic N) is 3. The molecule has 0 saturated heterocycles. The maximum absolute atomic E-state index is 13.8. The van der Waals surface area contributed by atoms with Crippen molar-refractivity contribution >= 4 is 17.2 Å². The van der Waals surface area contributed by atoms with E-state index in [2.05, 4.69) is 15.4 Å². The van der Waals surface area contributed by atoms with Crippen molar-refractivity contribution in [2.24, 2.45) is 0 Å². The second-order valence-electron chi connectivity index (χ2n) is 7.98. The van der Waals surface area contributed by atoms with Crippen LogP contribution in [0.15, 0.2) is 54.6 Å². The van der Waals surface area contributed by atoms with Gasteiger partial charge in [-0.1, -0.05) is 35.9 Å². The molecule has 2 aromatic heterocycles. The molecular formula is C24H19F3N4O. The molecule has 0 saturated carbocycles. The smallest absolute Gasteiger partial charge is 0.321 e. The van der Waals surface area contributed by atoms with Gasteiger partial charge in [0.25, 0.3) is 5.91 Å². The SMILES string of the molecule is Cc1ccc(-c2cc(C(F)(F)F)n3nc(C(=O)Nc4ccc5c(c4)CCC5)cc3n2)cc1. The molecule has 1 N–H and O–H groups in total. The molecule has 32 heavy (non-hydrogen) atoms. The van der Waals surface area contributed by atoms with E-state index < -0.39 is 17.8 Å². The zero-order valence-corrected chi connectivity index (χ0v) is 17.2. The van der Waals surface area contributed by atoms with Crippen LogP contribution in [0.25, 0.3) is 16.9 Å². The van der Waals surface area contributed by atoms with E-state index in [-0.39, 0.29) is 17.0 Å². The standard InChI is InChI=1S/C24H19F3N4O/c1-14-5-7-16(8-6-14)19-12-21(24(25,26)27)31-22(29-19)13-20(30-31)23(32)28-18-10-9-15-3-2-4-17(15)11-18/h5-13H,2-4H2,1H3,(H,28,32). The van der Waals surface area contributed by atoms with Crippen LogP contribution in [0.2, 0.25) is 0 Å². The van der Waals surface area contributed by atoms with Gasteiger partial charge in [0, 0.05) is 17.3 Å².